The van der Waals surface area contributed by atoms with Crippen LogP contribution in [0.15, 0.2) is 18.2 Å². The standard InChI is InChI=1S/C14H24N2/c1-5-11(2)9-16(4)10-13-7-6-12(3)14(15)8-13/h6-8,11H,5,9-10,15H2,1-4H3. The van der Waals surface area contributed by atoms with E-state index in [1.165, 1.54) is 12.0 Å². The zero-order valence-corrected chi connectivity index (χ0v) is 11.0. The lowest BCUT2D eigenvalue weighted by atomic mass is 10.1. The van der Waals surface area contributed by atoms with Crippen molar-refractivity contribution in [3.63, 3.8) is 0 Å². The Bertz CT molecular complexity index is 334. The first-order valence-corrected chi connectivity index (χ1v) is 6.06. The van der Waals surface area contributed by atoms with Crippen LogP contribution in [0.4, 0.5) is 5.69 Å². The Morgan fingerprint density at radius 3 is 2.62 bits per heavy atom. The molecule has 0 aliphatic heterocycles. The molecule has 90 valence electrons. The predicted octanol–water partition coefficient (Wildman–Crippen LogP) is 3.06. The highest BCUT2D eigenvalue weighted by atomic mass is 15.1. The second kappa shape index (κ2) is 5.90. The van der Waals surface area contributed by atoms with Crippen LogP contribution < -0.4 is 5.73 Å². The van der Waals surface area contributed by atoms with E-state index < -0.39 is 0 Å². The van der Waals surface area contributed by atoms with Crippen LogP contribution in [0.1, 0.15) is 31.4 Å². The van der Waals surface area contributed by atoms with Crippen LogP contribution in [-0.2, 0) is 6.54 Å². The summed E-state index contributed by atoms with van der Waals surface area (Å²) < 4.78 is 0. The Morgan fingerprint density at radius 1 is 1.38 bits per heavy atom. The van der Waals surface area contributed by atoms with Gasteiger partial charge < -0.3 is 10.6 Å². The Kier molecular flexibility index (Phi) is 4.81. The van der Waals surface area contributed by atoms with Crippen molar-refractivity contribution in [2.45, 2.75) is 33.7 Å². The van der Waals surface area contributed by atoms with Gasteiger partial charge in [-0.2, -0.15) is 0 Å². The average Bonchev–Trinajstić information content (AvgIpc) is 2.23. The lowest BCUT2D eigenvalue weighted by Gasteiger charge is -2.20. The second-order valence-electron chi connectivity index (χ2n) is 4.90. The quantitative estimate of drug-likeness (QED) is 0.773. The van der Waals surface area contributed by atoms with Crippen molar-refractivity contribution in [3.8, 4) is 0 Å². The molecule has 1 aromatic carbocycles. The molecule has 1 unspecified atom stereocenters. The van der Waals surface area contributed by atoms with Crippen molar-refractivity contribution in [2.75, 3.05) is 19.3 Å². The molecule has 0 aliphatic rings. The van der Waals surface area contributed by atoms with E-state index in [0.29, 0.717) is 0 Å². The molecular formula is C14H24N2. The van der Waals surface area contributed by atoms with E-state index in [-0.39, 0.29) is 0 Å². The smallest absolute Gasteiger partial charge is 0.0346 e. The van der Waals surface area contributed by atoms with Crippen LogP contribution in [0, 0.1) is 12.8 Å². The highest BCUT2D eigenvalue weighted by Crippen LogP contribution is 2.14. The molecule has 0 aliphatic carbocycles. The third-order valence-electron chi connectivity index (χ3n) is 3.12. The number of rotatable bonds is 5. The van der Waals surface area contributed by atoms with Gasteiger partial charge in [0.2, 0.25) is 0 Å². The summed E-state index contributed by atoms with van der Waals surface area (Å²) in [6.07, 6.45) is 1.24. The van der Waals surface area contributed by atoms with Gasteiger partial charge in [-0.3, -0.25) is 0 Å². The highest BCUT2D eigenvalue weighted by molar-refractivity contribution is 5.48. The zero-order valence-electron chi connectivity index (χ0n) is 11.0. The molecular weight excluding hydrogens is 196 g/mol. The number of benzene rings is 1. The molecule has 16 heavy (non-hydrogen) atoms. The maximum Gasteiger partial charge on any atom is 0.0346 e. The molecule has 2 N–H and O–H groups in total. The molecule has 0 saturated heterocycles. The third kappa shape index (κ3) is 3.86. The molecule has 0 fully saturated rings. The minimum absolute atomic E-state index is 0.757. The van der Waals surface area contributed by atoms with Gasteiger partial charge in [0.15, 0.2) is 0 Å². The van der Waals surface area contributed by atoms with Crippen LogP contribution in [0.5, 0.6) is 0 Å². The first-order valence-electron chi connectivity index (χ1n) is 6.06. The van der Waals surface area contributed by atoms with Crippen molar-refractivity contribution >= 4 is 5.69 Å². The number of anilines is 1. The predicted molar refractivity (Wildman–Crippen MR) is 71.4 cm³/mol. The molecule has 1 rings (SSSR count). The van der Waals surface area contributed by atoms with E-state index in [4.69, 9.17) is 5.73 Å². The summed E-state index contributed by atoms with van der Waals surface area (Å²) in [5, 5.41) is 0. The summed E-state index contributed by atoms with van der Waals surface area (Å²) in [6.45, 7) is 8.70. The van der Waals surface area contributed by atoms with Gasteiger partial charge in [-0.25, -0.2) is 0 Å². The molecule has 0 radical (unpaired) electrons. The number of nitrogens with two attached hydrogens (primary N) is 1. The Balaban J connectivity index is 2.56. The van der Waals surface area contributed by atoms with Gasteiger partial charge in [0.1, 0.15) is 0 Å². The summed E-state index contributed by atoms with van der Waals surface area (Å²) in [4.78, 5) is 2.36. The Morgan fingerprint density at radius 2 is 2.06 bits per heavy atom. The van der Waals surface area contributed by atoms with Crippen molar-refractivity contribution in [1.29, 1.82) is 0 Å². The van der Waals surface area contributed by atoms with Crippen molar-refractivity contribution in [1.82, 2.24) is 4.90 Å². The van der Waals surface area contributed by atoms with Crippen LogP contribution in [0.3, 0.4) is 0 Å². The fraction of sp³-hybridized carbons (Fsp3) is 0.571. The fourth-order valence-corrected chi connectivity index (χ4v) is 1.83. The van der Waals surface area contributed by atoms with Crippen LogP contribution in [-0.4, -0.2) is 18.5 Å². The molecule has 1 atom stereocenters. The average molecular weight is 220 g/mol. The molecule has 0 saturated carbocycles. The molecule has 0 aromatic heterocycles. The number of aryl methyl sites for hydroxylation is 1. The summed E-state index contributed by atoms with van der Waals surface area (Å²) in [6, 6.07) is 6.35. The fourth-order valence-electron chi connectivity index (χ4n) is 1.83. The van der Waals surface area contributed by atoms with E-state index in [0.717, 1.165) is 30.3 Å². The summed E-state index contributed by atoms with van der Waals surface area (Å²) in [7, 11) is 2.17. The number of nitrogens with zero attached hydrogens (tertiary/aromatic N) is 1. The van der Waals surface area contributed by atoms with Gasteiger partial charge in [0.25, 0.3) is 0 Å². The minimum Gasteiger partial charge on any atom is -0.399 e. The highest BCUT2D eigenvalue weighted by Gasteiger charge is 2.05. The van der Waals surface area contributed by atoms with Gasteiger partial charge in [-0.1, -0.05) is 32.4 Å². The van der Waals surface area contributed by atoms with Crippen molar-refractivity contribution < 1.29 is 0 Å². The number of hydrogen-bond donors (Lipinski definition) is 1. The normalized spacial score (nSPS) is 13.1. The molecule has 0 heterocycles. The Labute approximate surface area is 99.5 Å². The van der Waals surface area contributed by atoms with E-state index in [9.17, 15) is 0 Å². The summed E-state index contributed by atoms with van der Waals surface area (Å²) in [5.41, 5.74) is 9.26. The molecule has 0 amide bonds. The van der Waals surface area contributed by atoms with Crippen LogP contribution in [0.25, 0.3) is 0 Å². The number of nitrogen functional groups attached to an aromatic ring is 1. The summed E-state index contributed by atoms with van der Waals surface area (Å²) in [5.74, 6) is 0.757. The third-order valence-corrected chi connectivity index (χ3v) is 3.12. The van der Waals surface area contributed by atoms with Crippen LogP contribution >= 0.6 is 0 Å². The SMILES string of the molecule is CCC(C)CN(C)Cc1ccc(C)c(N)c1. The maximum absolute atomic E-state index is 5.91. The zero-order chi connectivity index (χ0) is 12.1. The largest absolute Gasteiger partial charge is 0.399 e. The first kappa shape index (κ1) is 13.0. The second-order valence-corrected chi connectivity index (χ2v) is 4.90. The molecule has 2 heteroatoms. The lowest BCUT2D eigenvalue weighted by molar-refractivity contribution is 0.275. The maximum atomic E-state index is 5.91. The number of hydrogen-bond acceptors (Lipinski definition) is 2. The van der Waals surface area contributed by atoms with Gasteiger partial charge in [0.05, 0.1) is 0 Å². The Hall–Kier alpha value is -1.02. The van der Waals surface area contributed by atoms with E-state index >= 15 is 0 Å². The first-order chi connectivity index (χ1) is 7.52. The van der Waals surface area contributed by atoms with E-state index in [1.54, 1.807) is 0 Å². The van der Waals surface area contributed by atoms with Gasteiger partial charge in [-0.05, 0) is 37.1 Å². The monoisotopic (exact) mass is 220 g/mol. The van der Waals surface area contributed by atoms with Gasteiger partial charge in [0, 0.05) is 18.8 Å². The molecule has 2 nitrogen and oxygen atoms in total. The van der Waals surface area contributed by atoms with Crippen LogP contribution in [0.2, 0.25) is 0 Å². The van der Waals surface area contributed by atoms with E-state index in [2.05, 4.69) is 44.0 Å². The van der Waals surface area contributed by atoms with Crippen molar-refractivity contribution in [3.05, 3.63) is 29.3 Å². The van der Waals surface area contributed by atoms with Crippen molar-refractivity contribution in [2.24, 2.45) is 5.92 Å². The van der Waals surface area contributed by atoms with E-state index in [1.807, 2.05) is 6.92 Å². The molecule has 1 aromatic rings. The molecule has 0 bridgehead atoms. The topological polar surface area (TPSA) is 29.3 Å². The van der Waals surface area contributed by atoms with Gasteiger partial charge in [-0.15, -0.1) is 0 Å². The summed E-state index contributed by atoms with van der Waals surface area (Å²) >= 11 is 0. The van der Waals surface area contributed by atoms with Gasteiger partial charge >= 0.3 is 0 Å². The molecule has 0 spiro atoms. The lowest BCUT2D eigenvalue weighted by Crippen LogP contribution is -2.23. The minimum atomic E-state index is 0.757.